The molecule has 11 heavy (non-hydrogen) atoms. The normalized spacial score (nSPS) is 14.8. The quantitative estimate of drug-likeness (QED) is 0.554. The zero-order chi connectivity index (χ0) is 7.68. The highest BCUT2D eigenvalue weighted by Gasteiger charge is 2.08. The van der Waals surface area contributed by atoms with Gasteiger partial charge in [0.05, 0.1) is 5.69 Å². The van der Waals surface area contributed by atoms with Crippen molar-refractivity contribution in [1.82, 2.24) is 0 Å². The lowest BCUT2D eigenvalue weighted by atomic mass is 10.1. The molecule has 0 radical (unpaired) electrons. The average molecular weight is 147 g/mol. The second kappa shape index (κ2) is 2.36. The van der Waals surface area contributed by atoms with Crippen LogP contribution in [0.25, 0.3) is 0 Å². The van der Waals surface area contributed by atoms with E-state index in [4.69, 9.17) is 5.84 Å². The Hall–Kier alpha value is -1.35. The second-order valence-electron chi connectivity index (χ2n) is 2.48. The van der Waals surface area contributed by atoms with Crippen LogP contribution in [-0.2, 0) is 6.42 Å². The zero-order valence-corrected chi connectivity index (χ0v) is 6.07. The standard InChI is InChI=1S/C8H9N3/c9-11-8-4-2-1-3-7(8)5-6-10-11/h1-4,6H,5,9H2. The van der Waals surface area contributed by atoms with Crippen LogP contribution in [0.5, 0.6) is 0 Å². The highest BCUT2D eigenvalue weighted by molar-refractivity contribution is 5.71. The number of hydrazine groups is 1. The Morgan fingerprint density at radius 3 is 3.00 bits per heavy atom. The van der Waals surface area contributed by atoms with Crippen LogP contribution in [0.3, 0.4) is 0 Å². The van der Waals surface area contributed by atoms with E-state index >= 15 is 0 Å². The fraction of sp³-hybridized carbons (Fsp3) is 0.125. The summed E-state index contributed by atoms with van der Waals surface area (Å²) in [5.74, 6) is 5.58. The first-order chi connectivity index (χ1) is 5.38. The maximum Gasteiger partial charge on any atom is 0.0811 e. The number of rotatable bonds is 0. The molecule has 3 nitrogen and oxygen atoms in total. The van der Waals surface area contributed by atoms with Gasteiger partial charge in [-0.15, -0.1) is 0 Å². The van der Waals surface area contributed by atoms with E-state index in [0.717, 1.165) is 12.1 Å². The van der Waals surface area contributed by atoms with E-state index in [9.17, 15) is 0 Å². The van der Waals surface area contributed by atoms with Gasteiger partial charge < -0.3 is 0 Å². The largest absolute Gasteiger partial charge is 0.226 e. The SMILES string of the molecule is NN1N=CCc2ccccc21. The molecule has 0 fully saturated rings. The van der Waals surface area contributed by atoms with Gasteiger partial charge in [-0.3, -0.25) is 0 Å². The minimum Gasteiger partial charge on any atom is -0.226 e. The van der Waals surface area contributed by atoms with Gasteiger partial charge in [-0.2, -0.15) is 10.2 Å². The Morgan fingerprint density at radius 1 is 1.36 bits per heavy atom. The van der Waals surface area contributed by atoms with E-state index in [2.05, 4.69) is 11.2 Å². The molecule has 56 valence electrons. The Labute approximate surface area is 65.1 Å². The van der Waals surface area contributed by atoms with Crippen molar-refractivity contribution < 1.29 is 0 Å². The lowest BCUT2D eigenvalue weighted by Crippen LogP contribution is -2.28. The van der Waals surface area contributed by atoms with Crippen molar-refractivity contribution >= 4 is 11.9 Å². The monoisotopic (exact) mass is 147 g/mol. The van der Waals surface area contributed by atoms with Gasteiger partial charge in [-0.25, -0.2) is 5.84 Å². The first kappa shape index (κ1) is 6.37. The molecule has 0 aliphatic carbocycles. The highest BCUT2D eigenvalue weighted by Crippen LogP contribution is 2.20. The number of nitrogens with two attached hydrogens (primary N) is 1. The summed E-state index contributed by atoms with van der Waals surface area (Å²) in [5.41, 5.74) is 2.22. The second-order valence-corrected chi connectivity index (χ2v) is 2.48. The number of hydrogen-bond donors (Lipinski definition) is 1. The molecule has 0 aromatic heterocycles. The Morgan fingerprint density at radius 2 is 2.18 bits per heavy atom. The van der Waals surface area contributed by atoms with Gasteiger partial charge in [0.1, 0.15) is 0 Å². The van der Waals surface area contributed by atoms with Crippen molar-refractivity contribution in [2.45, 2.75) is 6.42 Å². The Balaban J connectivity index is 2.50. The first-order valence-electron chi connectivity index (χ1n) is 3.53. The summed E-state index contributed by atoms with van der Waals surface area (Å²) in [6, 6.07) is 7.98. The van der Waals surface area contributed by atoms with Crippen molar-refractivity contribution in [3.05, 3.63) is 29.8 Å². The number of anilines is 1. The topological polar surface area (TPSA) is 41.6 Å². The van der Waals surface area contributed by atoms with Crippen LogP contribution in [-0.4, -0.2) is 6.21 Å². The number of hydrogen-bond acceptors (Lipinski definition) is 3. The average Bonchev–Trinajstić information content (AvgIpc) is 2.06. The molecule has 1 aromatic rings. The fourth-order valence-corrected chi connectivity index (χ4v) is 1.20. The molecule has 0 bridgehead atoms. The van der Waals surface area contributed by atoms with Crippen molar-refractivity contribution in [2.75, 3.05) is 5.12 Å². The molecule has 0 spiro atoms. The molecule has 1 heterocycles. The molecular weight excluding hydrogens is 138 g/mol. The maximum atomic E-state index is 5.58. The molecular formula is C8H9N3. The number of fused-ring (bicyclic) bond motifs is 1. The third-order valence-electron chi connectivity index (χ3n) is 1.76. The van der Waals surface area contributed by atoms with Gasteiger partial charge in [-0.1, -0.05) is 18.2 Å². The van der Waals surface area contributed by atoms with Crippen LogP contribution in [0, 0.1) is 0 Å². The van der Waals surface area contributed by atoms with Gasteiger partial charge in [0.25, 0.3) is 0 Å². The van der Waals surface area contributed by atoms with Crippen LogP contribution in [0.4, 0.5) is 5.69 Å². The lowest BCUT2D eigenvalue weighted by molar-refractivity contribution is 0.901. The summed E-state index contributed by atoms with van der Waals surface area (Å²) < 4.78 is 0. The van der Waals surface area contributed by atoms with Crippen molar-refractivity contribution in [1.29, 1.82) is 0 Å². The Bertz CT molecular complexity index is 293. The summed E-state index contributed by atoms with van der Waals surface area (Å²) in [6.45, 7) is 0. The number of benzene rings is 1. The van der Waals surface area contributed by atoms with E-state index in [1.54, 1.807) is 0 Å². The first-order valence-corrected chi connectivity index (χ1v) is 3.53. The van der Waals surface area contributed by atoms with E-state index in [1.807, 2.05) is 24.4 Å². The van der Waals surface area contributed by atoms with Crippen molar-refractivity contribution in [3.8, 4) is 0 Å². The Kier molecular flexibility index (Phi) is 1.36. The molecule has 1 aromatic carbocycles. The molecule has 1 aliphatic heterocycles. The number of hydrazone groups is 1. The molecule has 0 atom stereocenters. The summed E-state index contributed by atoms with van der Waals surface area (Å²) in [7, 11) is 0. The van der Waals surface area contributed by atoms with E-state index < -0.39 is 0 Å². The minimum absolute atomic E-state index is 0.879. The van der Waals surface area contributed by atoms with Gasteiger partial charge in [0.15, 0.2) is 0 Å². The van der Waals surface area contributed by atoms with Crippen LogP contribution in [0.1, 0.15) is 5.56 Å². The van der Waals surface area contributed by atoms with E-state index in [0.29, 0.717) is 0 Å². The molecule has 0 amide bonds. The zero-order valence-electron chi connectivity index (χ0n) is 6.07. The van der Waals surface area contributed by atoms with Crippen LogP contribution >= 0.6 is 0 Å². The lowest BCUT2D eigenvalue weighted by Gasteiger charge is -2.19. The van der Waals surface area contributed by atoms with E-state index in [-0.39, 0.29) is 0 Å². The van der Waals surface area contributed by atoms with Gasteiger partial charge >= 0.3 is 0 Å². The summed E-state index contributed by atoms with van der Waals surface area (Å²) in [4.78, 5) is 0. The van der Waals surface area contributed by atoms with Crippen LogP contribution in [0.15, 0.2) is 29.4 Å². The predicted molar refractivity (Wildman–Crippen MR) is 45.3 cm³/mol. The van der Waals surface area contributed by atoms with Crippen molar-refractivity contribution in [3.63, 3.8) is 0 Å². The summed E-state index contributed by atoms with van der Waals surface area (Å²) >= 11 is 0. The molecule has 1 aliphatic rings. The van der Waals surface area contributed by atoms with Gasteiger partial charge in [0, 0.05) is 12.6 Å². The third kappa shape index (κ3) is 0.991. The van der Waals surface area contributed by atoms with Gasteiger partial charge in [0.2, 0.25) is 0 Å². The third-order valence-corrected chi connectivity index (χ3v) is 1.76. The molecule has 2 N–H and O–H groups in total. The predicted octanol–water partition coefficient (Wildman–Crippen LogP) is 0.909. The molecule has 0 saturated heterocycles. The fourth-order valence-electron chi connectivity index (χ4n) is 1.20. The number of nitrogens with zero attached hydrogens (tertiary/aromatic N) is 2. The molecule has 2 rings (SSSR count). The molecule has 0 unspecified atom stereocenters. The van der Waals surface area contributed by atoms with Crippen LogP contribution < -0.4 is 11.0 Å². The summed E-state index contributed by atoms with van der Waals surface area (Å²) in [5, 5.41) is 5.36. The number of para-hydroxylation sites is 1. The highest BCUT2D eigenvalue weighted by atomic mass is 15.6. The van der Waals surface area contributed by atoms with Crippen molar-refractivity contribution in [2.24, 2.45) is 10.9 Å². The molecule has 3 heteroatoms. The van der Waals surface area contributed by atoms with Crippen LogP contribution in [0.2, 0.25) is 0 Å². The summed E-state index contributed by atoms with van der Waals surface area (Å²) in [6.07, 6.45) is 2.69. The molecule has 0 saturated carbocycles. The maximum absolute atomic E-state index is 5.58. The smallest absolute Gasteiger partial charge is 0.0811 e. The van der Waals surface area contributed by atoms with E-state index in [1.165, 1.54) is 10.7 Å². The minimum atomic E-state index is 0.879. The van der Waals surface area contributed by atoms with Gasteiger partial charge in [-0.05, 0) is 11.6 Å².